The first-order chi connectivity index (χ1) is 7.88. The predicted octanol–water partition coefficient (Wildman–Crippen LogP) is -0.173. The number of aromatic nitrogens is 4. The monoisotopic (exact) mass is 224 g/mol. The molecule has 8 heteroatoms. The number of hydrogen-bond acceptors (Lipinski definition) is 8. The third-order valence-electron chi connectivity index (χ3n) is 1.82. The van der Waals surface area contributed by atoms with Gasteiger partial charge in [-0.3, -0.25) is 0 Å². The average molecular weight is 224 g/mol. The minimum atomic E-state index is 0.393. The van der Waals surface area contributed by atoms with Gasteiger partial charge < -0.3 is 19.6 Å². The van der Waals surface area contributed by atoms with Crippen LogP contribution in [0.1, 0.15) is 11.8 Å². The van der Waals surface area contributed by atoms with Gasteiger partial charge in [-0.25, -0.2) is 0 Å². The molecular weight excluding hydrogens is 212 g/mol. The normalized spacial score (nSPS) is 10.6. The van der Waals surface area contributed by atoms with E-state index in [1.165, 1.54) is 6.33 Å². The molecule has 0 radical (unpaired) electrons. The van der Waals surface area contributed by atoms with Crippen molar-refractivity contribution in [3.8, 4) is 0 Å². The number of hydrogen-bond donors (Lipinski definition) is 2. The Hall–Kier alpha value is -1.96. The summed E-state index contributed by atoms with van der Waals surface area (Å²) in [5.74, 6) is 1.12. The van der Waals surface area contributed by atoms with Gasteiger partial charge in [-0.2, -0.15) is 4.98 Å². The van der Waals surface area contributed by atoms with Gasteiger partial charge >= 0.3 is 6.01 Å². The van der Waals surface area contributed by atoms with Crippen LogP contribution in [-0.2, 0) is 13.0 Å². The quantitative estimate of drug-likeness (QED) is 0.697. The van der Waals surface area contributed by atoms with E-state index in [-0.39, 0.29) is 0 Å². The summed E-state index contributed by atoms with van der Waals surface area (Å²) < 4.78 is 10.1. The third-order valence-corrected chi connectivity index (χ3v) is 1.82. The largest absolute Gasteiger partial charge is 0.407 e. The number of nitrogens with one attached hydrogen (secondary N) is 2. The highest BCUT2D eigenvalue weighted by atomic mass is 16.5. The van der Waals surface area contributed by atoms with Crippen LogP contribution < -0.4 is 10.6 Å². The molecule has 0 aromatic carbocycles. The topological polar surface area (TPSA) is 102 Å². The molecule has 2 rings (SSSR count). The van der Waals surface area contributed by atoms with Crippen molar-refractivity contribution in [3.63, 3.8) is 0 Å². The number of anilines is 1. The van der Waals surface area contributed by atoms with Crippen LogP contribution in [0.4, 0.5) is 6.01 Å². The van der Waals surface area contributed by atoms with Crippen molar-refractivity contribution in [2.24, 2.45) is 0 Å². The lowest BCUT2D eigenvalue weighted by molar-refractivity contribution is 0.379. The summed E-state index contributed by atoms with van der Waals surface area (Å²) in [5.41, 5.74) is 0. The Morgan fingerprint density at radius 3 is 3.00 bits per heavy atom. The summed E-state index contributed by atoms with van der Waals surface area (Å²) in [6.45, 7) is 1.15. The molecule has 0 saturated carbocycles. The molecule has 0 aliphatic carbocycles. The van der Waals surface area contributed by atoms with Gasteiger partial charge in [0.25, 0.3) is 0 Å². The maximum atomic E-state index is 5.28. The third kappa shape index (κ3) is 2.76. The van der Waals surface area contributed by atoms with Gasteiger partial charge in [0, 0.05) is 13.0 Å². The molecule has 86 valence electrons. The van der Waals surface area contributed by atoms with Gasteiger partial charge in [0.1, 0.15) is 0 Å². The van der Waals surface area contributed by atoms with E-state index in [9.17, 15) is 0 Å². The lowest BCUT2D eigenvalue weighted by atomic mass is 10.4. The van der Waals surface area contributed by atoms with Gasteiger partial charge in [-0.05, 0) is 7.05 Å². The average Bonchev–Trinajstić information content (AvgIpc) is 2.90. The van der Waals surface area contributed by atoms with E-state index in [0.717, 1.165) is 0 Å². The minimum absolute atomic E-state index is 0.393. The molecule has 0 aliphatic rings. The van der Waals surface area contributed by atoms with Crippen molar-refractivity contribution in [1.82, 2.24) is 25.7 Å². The van der Waals surface area contributed by atoms with Crippen LogP contribution in [0.2, 0.25) is 0 Å². The van der Waals surface area contributed by atoms with Gasteiger partial charge in [0.2, 0.25) is 11.8 Å². The fourth-order valence-electron chi connectivity index (χ4n) is 1.13. The molecule has 0 unspecified atom stereocenters. The predicted molar refractivity (Wildman–Crippen MR) is 53.6 cm³/mol. The highest BCUT2D eigenvalue weighted by Crippen LogP contribution is 2.04. The highest BCUT2D eigenvalue weighted by molar-refractivity contribution is 5.16. The molecule has 2 aromatic heterocycles. The van der Waals surface area contributed by atoms with Crippen molar-refractivity contribution in [2.45, 2.75) is 13.0 Å². The zero-order valence-corrected chi connectivity index (χ0v) is 8.80. The van der Waals surface area contributed by atoms with Crippen LogP contribution in [0.5, 0.6) is 0 Å². The Bertz CT molecular complexity index is 412. The molecule has 0 spiro atoms. The summed E-state index contributed by atoms with van der Waals surface area (Å²) in [7, 11) is 1.81. The molecule has 0 aliphatic heterocycles. The van der Waals surface area contributed by atoms with Crippen molar-refractivity contribution >= 4 is 6.01 Å². The van der Waals surface area contributed by atoms with Crippen LogP contribution >= 0.6 is 0 Å². The summed E-state index contributed by atoms with van der Waals surface area (Å²) in [6.07, 6.45) is 1.98. The fourth-order valence-corrected chi connectivity index (χ4v) is 1.13. The fraction of sp³-hybridized carbons (Fsp3) is 0.500. The smallest absolute Gasteiger partial charge is 0.315 e. The second kappa shape index (κ2) is 5.21. The zero-order chi connectivity index (χ0) is 11.2. The van der Waals surface area contributed by atoms with Crippen LogP contribution in [0.3, 0.4) is 0 Å². The van der Waals surface area contributed by atoms with Crippen LogP contribution in [0, 0.1) is 0 Å². The summed E-state index contributed by atoms with van der Waals surface area (Å²) in [5, 5.41) is 17.0. The molecule has 0 fully saturated rings. The van der Waals surface area contributed by atoms with E-state index in [1.54, 1.807) is 0 Å². The Morgan fingerprint density at radius 1 is 1.31 bits per heavy atom. The summed E-state index contributed by atoms with van der Waals surface area (Å²) in [6, 6.07) is 0.393. The molecule has 0 amide bonds. The second-order valence-electron chi connectivity index (χ2n) is 3.04. The summed E-state index contributed by atoms with van der Waals surface area (Å²) in [4.78, 5) is 3.89. The standard InChI is InChI=1S/C8H12N6O2/c1-9-4-7-13-14-8(15-7)10-3-2-6-11-5-12-16-6/h5,9H,2-4H2,1H3,(H,10,14). The first kappa shape index (κ1) is 10.6. The number of nitrogens with zero attached hydrogens (tertiary/aromatic N) is 4. The van der Waals surface area contributed by atoms with Crippen LogP contribution in [0.25, 0.3) is 0 Å². The van der Waals surface area contributed by atoms with E-state index < -0.39 is 0 Å². The van der Waals surface area contributed by atoms with E-state index in [1.807, 2.05) is 7.05 Å². The summed E-state index contributed by atoms with van der Waals surface area (Å²) >= 11 is 0. The zero-order valence-electron chi connectivity index (χ0n) is 8.80. The lowest BCUT2D eigenvalue weighted by Crippen LogP contribution is -2.05. The van der Waals surface area contributed by atoms with Crippen molar-refractivity contribution in [2.75, 3.05) is 18.9 Å². The van der Waals surface area contributed by atoms with E-state index in [2.05, 4.69) is 31.0 Å². The Kier molecular flexibility index (Phi) is 3.44. The van der Waals surface area contributed by atoms with Gasteiger partial charge in [0.05, 0.1) is 6.54 Å². The Labute approximate surface area is 91.4 Å². The van der Waals surface area contributed by atoms with Crippen LogP contribution in [0.15, 0.2) is 15.3 Å². The second-order valence-corrected chi connectivity index (χ2v) is 3.04. The molecule has 0 atom stereocenters. The van der Waals surface area contributed by atoms with E-state index in [0.29, 0.717) is 37.3 Å². The molecule has 2 heterocycles. The number of rotatable bonds is 6. The molecule has 2 N–H and O–H groups in total. The maximum Gasteiger partial charge on any atom is 0.315 e. The minimum Gasteiger partial charge on any atom is -0.407 e. The molecule has 16 heavy (non-hydrogen) atoms. The molecule has 0 bridgehead atoms. The first-order valence-electron chi connectivity index (χ1n) is 4.85. The van der Waals surface area contributed by atoms with E-state index >= 15 is 0 Å². The highest BCUT2D eigenvalue weighted by Gasteiger charge is 2.05. The first-order valence-corrected chi connectivity index (χ1v) is 4.85. The Balaban J connectivity index is 1.76. The SMILES string of the molecule is CNCc1nnc(NCCc2ncno2)o1. The molecule has 2 aromatic rings. The molecule has 0 saturated heterocycles. The molecule has 8 nitrogen and oxygen atoms in total. The molecular formula is C8H12N6O2. The van der Waals surface area contributed by atoms with Gasteiger partial charge in [-0.1, -0.05) is 10.3 Å². The lowest BCUT2D eigenvalue weighted by Gasteiger charge is -1.96. The van der Waals surface area contributed by atoms with Crippen molar-refractivity contribution < 1.29 is 8.94 Å². The maximum absolute atomic E-state index is 5.28. The van der Waals surface area contributed by atoms with E-state index in [4.69, 9.17) is 8.94 Å². The van der Waals surface area contributed by atoms with Crippen molar-refractivity contribution in [3.05, 3.63) is 18.1 Å². The van der Waals surface area contributed by atoms with Gasteiger partial charge in [0.15, 0.2) is 6.33 Å². The van der Waals surface area contributed by atoms with Crippen LogP contribution in [-0.4, -0.2) is 33.9 Å². The van der Waals surface area contributed by atoms with Gasteiger partial charge in [-0.15, -0.1) is 5.10 Å². The Morgan fingerprint density at radius 2 is 2.25 bits per heavy atom. The van der Waals surface area contributed by atoms with Crippen molar-refractivity contribution in [1.29, 1.82) is 0 Å².